The number of nitrogens with zero attached hydrogens (tertiary/aromatic N) is 1. The minimum atomic E-state index is -0.217. The molecule has 5 heteroatoms. The van der Waals surface area contributed by atoms with Gasteiger partial charge in [-0.2, -0.15) is 0 Å². The Morgan fingerprint density at radius 2 is 1.79 bits per heavy atom. The van der Waals surface area contributed by atoms with E-state index < -0.39 is 0 Å². The second kappa shape index (κ2) is 6.54. The number of halogens is 1. The molecule has 0 radical (unpaired) electrons. The third-order valence-corrected chi connectivity index (χ3v) is 8.70. The average Bonchev–Trinajstić information content (AvgIpc) is 3.35. The first kappa shape index (κ1) is 18.4. The second-order valence-electron chi connectivity index (χ2n) is 10.5. The SMILES string of the molecule is O=C(N(Cc1ccc2c(c1)OCO2)C1CCCC1)C12CC3CC(CC(Cl)(C3)C1)C2. The summed E-state index contributed by atoms with van der Waals surface area (Å²) in [5.74, 6) is 3.29. The lowest BCUT2D eigenvalue weighted by atomic mass is 9.49. The van der Waals surface area contributed by atoms with Crippen molar-refractivity contribution in [3.8, 4) is 11.5 Å². The smallest absolute Gasteiger partial charge is 0.231 e. The summed E-state index contributed by atoms with van der Waals surface area (Å²) in [4.78, 5) is 16.3. The number of benzene rings is 1. The van der Waals surface area contributed by atoms with Crippen molar-refractivity contribution in [1.82, 2.24) is 4.90 Å². The Morgan fingerprint density at radius 3 is 2.52 bits per heavy atom. The number of ether oxygens (including phenoxy) is 2. The molecule has 29 heavy (non-hydrogen) atoms. The highest BCUT2D eigenvalue weighted by atomic mass is 35.5. The lowest BCUT2D eigenvalue weighted by Gasteiger charge is -2.60. The summed E-state index contributed by atoms with van der Waals surface area (Å²) < 4.78 is 11.0. The highest BCUT2D eigenvalue weighted by Gasteiger charge is 2.61. The van der Waals surface area contributed by atoms with E-state index in [4.69, 9.17) is 21.1 Å². The molecule has 1 aromatic carbocycles. The molecule has 1 amide bonds. The van der Waals surface area contributed by atoms with E-state index in [-0.39, 0.29) is 17.1 Å². The summed E-state index contributed by atoms with van der Waals surface area (Å²) in [5, 5.41) is 0. The molecule has 2 unspecified atom stereocenters. The van der Waals surface area contributed by atoms with Crippen LogP contribution < -0.4 is 9.47 Å². The lowest BCUT2D eigenvalue weighted by molar-refractivity contribution is -0.159. The van der Waals surface area contributed by atoms with Crippen LogP contribution in [0.4, 0.5) is 0 Å². The monoisotopic (exact) mass is 415 g/mol. The zero-order valence-corrected chi connectivity index (χ0v) is 17.8. The zero-order valence-electron chi connectivity index (χ0n) is 17.0. The van der Waals surface area contributed by atoms with Gasteiger partial charge in [0.15, 0.2) is 11.5 Å². The molecule has 2 atom stereocenters. The quantitative estimate of drug-likeness (QED) is 0.629. The Balaban J connectivity index is 1.31. The van der Waals surface area contributed by atoms with Gasteiger partial charge in [-0.3, -0.25) is 4.79 Å². The van der Waals surface area contributed by atoms with Crippen LogP contribution in [-0.2, 0) is 11.3 Å². The van der Waals surface area contributed by atoms with E-state index in [2.05, 4.69) is 17.0 Å². The van der Waals surface area contributed by atoms with Gasteiger partial charge in [-0.25, -0.2) is 0 Å². The summed E-state index contributed by atoms with van der Waals surface area (Å²) in [6.07, 6.45) is 11.2. The molecule has 1 aliphatic heterocycles. The molecular formula is C24H30ClNO3. The van der Waals surface area contributed by atoms with Crippen LogP contribution in [0.5, 0.6) is 11.5 Å². The molecule has 0 saturated heterocycles. The van der Waals surface area contributed by atoms with Crippen molar-refractivity contribution in [2.45, 2.75) is 81.7 Å². The molecule has 0 aromatic heterocycles. The first-order valence-corrected chi connectivity index (χ1v) is 11.8. The van der Waals surface area contributed by atoms with E-state index in [0.717, 1.165) is 62.0 Å². The molecule has 1 aromatic rings. The second-order valence-corrected chi connectivity index (χ2v) is 11.3. The van der Waals surface area contributed by atoms with Gasteiger partial charge >= 0.3 is 0 Å². The van der Waals surface area contributed by atoms with E-state index in [1.807, 2.05) is 6.07 Å². The van der Waals surface area contributed by atoms with Gasteiger partial charge in [-0.05, 0) is 80.9 Å². The van der Waals surface area contributed by atoms with Crippen molar-refractivity contribution in [3.05, 3.63) is 23.8 Å². The fourth-order valence-electron chi connectivity index (χ4n) is 7.52. The fraction of sp³-hybridized carbons (Fsp3) is 0.708. The van der Waals surface area contributed by atoms with Gasteiger partial charge in [0.05, 0.1) is 5.41 Å². The molecule has 5 saturated carbocycles. The van der Waals surface area contributed by atoms with Crippen molar-refractivity contribution in [1.29, 1.82) is 0 Å². The molecule has 1 heterocycles. The van der Waals surface area contributed by atoms with Crippen LogP contribution in [0.2, 0.25) is 0 Å². The van der Waals surface area contributed by atoms with Gasteiger partial charge in [-0.15, -0.1) is 11.6 Å². The van der Waals surface area contributed by atoms with Gasteiger partial charge in [0.2, 0.25) is 12.7 Å². The van der Waals surface area contributed by atoms with Crippen molar-refractivity contribution in [2.75, 3.05) is 6.79 Å². The van der Waals surface area contributed by atoms with E-state index in [1.54, 1.807) is 0 Å². The highest BCUT2D eigenvalue weighted by molar-refractivity contribution is 6.24. The molecule has 7 rings (SSSR count). The third-order valence-electron chi connectivity index (χ3n) is 8.26. The van der Waals surface area contributed by atoms with E-state index in [0.29, 0.717) is 30.3 Å². The van der Waals surface area contributed by atoms with Crippen LogP contribution in [0, 0.1) is 17.3 Å². The van der Waals surface area contributed by atoms with Gasteiger partial charge in [0.25, 0.3) is 0 Å². The van der Waals surface area contributed by atoms with Gasteiger partial charge in [0.1, 0.15) is 0 Å². The minimum absolute atomic E-state index is 0.125. The Kier molecular flexibility index (Phi) is 4.14. The molecule has 5 aliphatic carbocycles. The largest absolute Gasteiger partial charge is 0.454 e. The Labute approximate surface area is 177 Å². The average molecular weight is 416 g/mol. The first-order chi connectivity index (χ1) is 14.0. The maximum atomic E-state index is 14.2. The van der Waals surface area contributed by atoms with Crippen molar-refractivity contribution < 1.29 is 14.3 Å². The Morgan fingerprint density at radius 1 is 1.07 bits per heavy atom. The molecule has 0 spiro atoms. The van der Waals surface area contributed by atoms with Crippen molar-refractivity contribution >= 4 is 17.5 Å². The van der Waals surface area contributed by atoms with E-state index >= 15 is 0 Å². The number of fused-ring (bicyclic) bond motifs is 1. The predicted molar refractivity (Wildman–Crippen MR) is 111 cm³/mol. The van der Waals surface area contributed by atoms with Gasteiger partial charge in [0, 0.05) is 17.5 Å². The van der Waals surface area contributed by atoms with Crippen LogP contribution in [0.25, 0.3) is 0 Å². The van der Waals surface area contributed by atoms with Crippen molar-refractivity contribution in [2.24, 2.45) is 17.3 Å². The van der Waals surface area contributed by atoms with Gasteiger partial charge < -0.3 is 14.4 Å². The Bertz CT molecular complexity index is 819. The van der Waals surface area contributed by atoms with Crippen LogP contribution in [0.3, 0.4) is 0 Å². The predicted octanol–water partition coefficient (Wildman–Crippen LogP) is 5.26. The summed E-state index contributed by atoms with van der Waals surface area (Å²) in [6, 6.07) is 6.49. The maximum absolute atomic E-state index is 14.2. The topological polar surface area (TPSA) is 38.8 Å². The van der Waals surface area contributed by atoms with Crippen molar-refractivity contribution in [3.63, 3.8) is 0 Å². The third kappa shape index (κ3) is 3.05. The Hall–Kier alpha value is -1.42. The van der Waals surface area contributed by atoms with Crippen LogP contribution in [0.1, 0.15) is 69.8 Å². The first-order valence-electron chi connectivity index (χ1n) is 11.4. The summed E-state index contributed by atoms with van der Waals surface area (Å²) >= 11 is 7.05. The number of carbonyl (C=O) groups is 1. The maximum Gasteiger partial charge on any atom is 0.231 e. The molecule has 0 N–H and O–H groups in total. The lowest BCUT2D eigenvalue weighted by Crippen LogP contribution is -2.60. The number of hydrogen-bond acceptors (Lipinski definition) is 3. The van der Waals surface area contributed by atoms with Crippen LogP contribution in [-0.4, -0.2) is 28.5 Å². The molecule has 5 fully saturated rings. The van der Waals surface area contributed by atoms with Gasteiger partial charge in [-0.1, -0.05) is 18.9 Å². The fourth-order valence-corrected chi connectivity index (χ4v) is 8.22. The van der Waals surface area contributed by atoms with Crippen LogP contribution in [0.15, 0.2) is 18.2 Å². The normalized spacial score (nSPS) is 37.3. The molecule has 6 aliphatic rings. The number of hydrogen-bond donors (Lipinski definition) is 0. The standard InChI is InChI=1S/C24H30ClNO3/c25-24-11-17-7-18(12-24)10-23(9-17,14-24)22(27)26(19-3-1-2-4-19)13-16-5-6-20-21(8-16)29-15-28-20/h5-6,8,17-19H,1-4,7,9-15H2. The molecule has 4 nitrogen and oxygen atoms in total. The number of amides is 1. The van der Waals surface area contributed by atoms with E-state index in [9.17, 15) is 4.79 Å². The minimum Gasteiger partial charge on any atom is -0.454 e. The van der Waals surface area contributed by atoms with Crippen LogP contribution >= 0.6 is 11.6 Å². The number of carbonyl (C=O) groups excluding carboxylic acids is 1. The summed E-state index contributed by atoms with van der Waals surface area (Å²) in [6.45, 7) is 0.959. The molecule has 156 valence electrons. The summed E-state index contributed by atoms with van der Waals surface area (Å²) in [5.41, 5.74) is 0.921. The van der Waals surface area contributed by atoms with E-state index in [1.165, 1.54) is 19.3 Å². The number of rotatable bonds is 4. The molecular weight excluding hydrogens is 386 g/mol. The zero-order chi connectivity index (χ0) is 19.6. The molecule has 4 bridgehead atoms. The number of alkyl halides is 1. The highest BCUT2D eigenvalue weighted by Crippen LogP contribution is 2.64. The summed E-state index contributed by atoms with van der Waals surface area (Å²) in [7, 11) is 0.